The van der Waals surface area contributed by atoms with E-state index in [0.717, 1.165) is 17.2 Å². The number of ketones is 2. The van der Waals surface area contributed by atoms with Crippen LogP contribution < -0.4 is 5.32 Å². The van der Waals surface area contributed by atoms with Crippen LogP contribution in [0, 0.1) is 17.0 Å². The van der Waals surface area contributed by atoms with Gasteiger partial charge in [-0.2, -0.15) is 0 Å². The third-order valence-electron chi connectivity index (χ3n) is 5.41. The van der Waals surface area contributed by atoms with Crippen LogP contribution in [0.3, 0.4) is 0 Å². The van der Waals surface area contributed by atoms with Crippen molar-refractivity contribution < 1.29 is 28.8 Å². The van der Waals surface area contributed by atoms with Crippen molar-refractivity contribution in [2.24, 2.45) is 0 Å². The van der Waals surface area contributed by atoms with Crippen LogP contribution in [-0.2, 0) is 16.1 Å². The second-order valence-corrected chi connectivity index (χ2v) is 7.68. The molecule has 3 aromatic carbocycles. The minimum atomic E-state index is -1.15. The summed E-state index contributed by atoms with van der Waals surface area (Å²) < 4.78 is 4.96. The van der Waals surface area contributed by atoms with Gasteiger partial charge in [-0.3, -0.25) is 24.5 Å². The normalized spacial score (nSPS) is 11.9. The fourth-order valence-corrected chi connectivity index (χ4v) is 3.69. The molecule has 0 saturated heterocycles. The number of hydrogen-bond acceptors (Lipinski definition) is 7. The maximum absolute atomic E-state index is 13.0. The molecule has 0 saturated carbocycles. The van der Waals surface area contributed by atoms with E-state index < -0.39 is 51.8 Å². The first-order valence-electron chi connectivity index (χ1n) is 10.3. The number of nitrogens with one attached hydrogen (secondary N) is 1. The molecule has 1 aliphatic rings. The largest absolute Gasteiger partial charge is 0.452 e. The van der Waals surface area contributed by atoms with E-state index in [1.807, 2.05) is 31.2 Å². The van der Waals surface area contributed by atoms with Crippen molar-refractivity contribution in [3.63, 3.8) is 0 Å². The Morgan fingerprint density at radius 1 is 0.912 bits per heavy atom. The summed E-state index contributed by atoms with van der Waals surface area (Å²) in [5.41, 5.74) is 0.0955. The minimum Gasteiger partial charge on any atom is -0.452 e. The van der Waals surface area contributed by atoms with E-state index in [1.54, 1.807) is 6.07 Å². The number of aryl methyl sites for hydroxylation is 1. The van der Waals surface area contributed by atoms with E-state index in [1.165, 1.54) is 24.3 Å². The molecular formula is C25H18N2O7. The van der Waals surface area contributed by atoms with Gasteiger partial charge >= 0.3 is 5.97 Å². The maximum atomic E-state index is 13.0. The molecule has 0 radical (unpaired) electrons. The molecule has 4 rings (SSSR count). The first-order chi connectivity index (χ1) is 16.3. The average molecular weight is 458 g/mol. The lowest BCUT2D eigenvalue weighted by atomic mass is 9.82. The number of ether oxygens (including phenoxy) is 1. The van der Waals surface area contributed by atoms with Gasteiger partial charge in [-0.05, 0) is 24.6 Å². The highest BCUT2D eigenvalue weighted by Crippen LogP contribution is 2.35. The predicted molar refractivity (Wildman–Crippen MR) is 120 cm³/mol. The van der Waals surface area contributed by atoms with E-state index in [0.29, 0.717) is 0 Å². The van der Waals surface area contributed by atoms with Gasteiger partial charge in [0.25, 0.3) is 11.6 Å². The van der Waals surface area contributed by atoms with Gasteiger partial charge in [0.2, 0.25) is 5.78 Å². The fourth-order valence-electron chi connectivity index (χ4n) is 3.69. The molecule has 34 heavy (non-hydrogen) atoms. The summed E-state index contributed by atoms with van der Waals surface area (Å²) in [6.07, 6.45) is 0. The van der Waals surface area contributed by atoms with Crippen molar-refractivity contribution >= 4 is 29.1 Å². The zero-order valence-corrected chi connectivity index (χ0v) is 18.0. The van der Waals surface area contributed by atoms with Gasteiger partial charge in [-0.15, -0.1) is 0 Å². The molecule has 0 fully saturated rings. The number of nitro groups is 1. The number of carbonyl (C=O) groups excluding carboxylic acids is 4. The Labute approximate surface area is 193 Å². The van der Waals surface area contributed by atoms with Crippen LogP contribution in [-0.4, -0.2) is 35.0 Å². The molecule has 0 bridgehead atoms. The van der Waals surface area contributed by atoms with Gasteiger partial charge in [-0.25, -0.2) is 4.79 Å². The summed E-state index contributed by atoms with van der Waals surface area (Å²) in [4.78, 5) is 61.4. The highest BCUT2D eigenvalue weighted by atomic mass is 16.6. The van der Waals surface area contributed by atoms with Gasteiger partial charge in [0.15, 0.2) is 12.4 Å². The van der Waals surface area contributed by atoms with Crippen LogP contribution in [0.1, 0.15) is 53.3 Å². The number of hydrogen-bond donors (Lipinski definition) is 1. The monoisotopic (exact) mass is 458 g/mol. The molecule has 1 aliphatic carbocycles. The number of amides is 1. The van der Waals surface area contributed by atoms with Crippen LogP contribution in [0.4, 0.5) is 5.69 Å². The molecule has 9 nitrogen and oxygen atoms in total. The quantitative estimate of drug-likeness (QED) is 0.267. The highest BCUT2D eigenvalue weighted by molar-refractivity contribution is 6.30. The summed E-state index contributed by atoms with van der Waals surface area (Å²) in [7, 11) is 0. The molecule has 0 atom stereocenters. The Hall–Kier alpha value is -4.66. The van der Waals surface area contributed by atoms with Crippen LogP contribution in [0.5, 0.6) is 0 Å². The summed E-state index contributed by atoms with van der Waals surface area (Å²) in [5.74, 6) is -3.04. The molecule has 0 aliphatic heterocycles. The Bertz CT molecular complexity index is 1360. The SMILES string of the molecule is Cc1ccc(CNC(=O)COC(=O)c2ccc3c(c2[N+](=O)[O-])C(=O)c2ccccc2C3=O)cc1. The summed E-state index contributed by atoms with van der Waals surface area (Å²) in [6, 6.07) is 15.7. The zero-order valence-electron chi connectivity index (χ0n) is 18.0. The first-order valence-corrected chi connectivity index (χ1v) is 10.3. The number of nitro benzene ring substituents is 1. The molecule has 9 heteroatoms. The molecule has 0 spiro atoms. The van der Waals surface area contributed by atoms with Crippen molar-refractivity contribution in [3.8, 4) is 0 Å². The Kier molecular flexibility index (Phi) is 6.01. The zero-order chi connectivity index (χ0) is 24.4. The second-order valence-electron chi connectivity index (χ2n) is 7.68. The lowest BCUT2D eigenvalue weighted by molar-refractivity contribution is -0.385. The average Bonchev–Trinajstić information content (AvgIpc) is 2.84. The molecule has 3 aromatic rings. The van der Waals surface area contributed by atoms with E-state index in [2.05, 4.69) is 5.32 Å². The Balaban J connectivity index is 1.54. The van der Waals surface area contributed by atoms with Crippen molar-refractivity contribution in [1.82, 2.24) is 5.32 Å². The first kappa shape index (κ1) is 22.5. The lowest BCUT2D eigenvalue weighted by Crippen LogP contribution is -2.29. The van der Waals surface area contributed by atoms with E-state index in [4.69, 9.17) is 4.74 Å². The number of esters is 1. The standard InChI is InChI=1S/C25H18N2O7/c1-14-6-8-15(9-7-14)12-26-20(28)13-34-25(31)19-11-10-18-21(22(19)27(32)33)24(30)17-5-3-2-4-16(17)23(18)29/h2-11H,12-13H2,1H3,(H,26,28). The van der Waals surface area contributed by atoms with E-state index in [-0.39, 0.29) is 23.2 Å². The van der Waals surface area contributed by atoms with E-state index >= 15 is 0 Å². The number of rotatable bonds is 6. The van der Waals surface area contributed by atoms with Gasteiger partial charge in [-0.1, -0.05) is 54.1 Å². The van der Waals surface area contributed by atoms with Gasteiger partial charge in [0.05, 0.1) is 4.92 Å². The third kappa shape index (κ3) is 4.18. The summed E-state index contributed by atoms with van der Waals surface area (Å²) in [6.45, 7) is 1.48. The summed E-state index contributed by atoms with van der Waals surface area (Å²) in [5, 5.41) is 14.4. The van der Waals surface area contributed by atoms with Crippen LogP contribution in [0.25, 0.3) is 0 Å². The topological polar surface area (TPSA) is 133 Å². The van der Waals surface area contributed by atoms with Gasteiger partial charge < -0.3 is 10.1 Å². The van der Waals surface area contributed by atoms with E-state index in [9.17, 15) is 29.3 Å². The Morgan fingerprint density at radius 3 is 2.21 bits per heavy atom. The predicted octanol–water partition coefficient (Wildman–Crippen LogP) is 3.15. The molecular weight excluding hydrogens is 440 g/mol. The molecule has 0 aromatic heterocycles. The molecule has 1 N–H and O–H groups in total. The van der Waals surface area contributed by atoms with Crippen LogP contribution in [0.2, 0.25) is 0 Å². The van der Waals surface area contributed by atoms with Crippen LogP contribution in [0.15, 0.2) is 60.7 Å². The summed E-state index contributed by atoms with van der Waals surface area (Å²) >= 11 is 0. The number of fused-ring (bicyclic) bond motifs is 2. The molecule has 0 unspecified atom stereocenters. The fraction of sp³-hybridized carbons (Fsp3) is 0.120. The van der Waals surface area contributed by atoms with Crippen molar-refractivity contribution in [2.45, 2.75) is 13.5 Å². The van der Waals surface area contributed by atoms with Crippen molar-refractivity contribution in [3.05, 3.63) is 110 Å². The smallest absolute Gasteiger partial charge is 0.345 e. The number of nitrogens with zero attached hydrogens (tertiary/aromatic N) is 1. The lowest BCUT2D eigenvalue weighted by Gasteiger charge is -2.18. The van der Waals surface area contributed by atoms with Gasteiger partial charge in [0, 0.05) is 23.2 Å². The van der Waals surface area contributed by atoms with Crippen molar-refractivity contribution in [1.29, 1.82) is 0 Å². The maximum Gasteiger partial charge on any atom is 0.345 e. The molecule has 170 valence electrons. The second kappa shape index (κ2) is 9.07. The minimum absolute atomic E-state index is 0.0177. The molecule has 1 amide bonds. The number of carbonyl (C=O) groups is 4. The van der Waals surface area contributed by atoms with Gasteiger partial charge in [0.1, 0.15) is 11.1 Å². The number of benzene rings is 3. The van der Waals surface area contributed by atoms with Crippen LogP contribution >= 0.6 is 0 Å². The van der Waals surface area contributed by atoms with Crippen molar-refractivity contribution in [2.75, 3.05) is 6.61 Å². The molecule has 0 heterocycles. The highest BCUT2D eigenvalue weighted by Gasteiger charge is 2.39. The Morgan fingerprint density at radius 2 is 1.56 bits per heavy atom. The third-order valence-corrected chi connectivity index (χ3v) is 5.41.